The Morgan fingerprint density at radius 1 is 1.21 bits per heavy atom. The van der Waals surface area contributed by atoms with E-state index in [-0.39, 0.29) is 30.3 Å². The van der Waals surface area contributed by atoms with Gasteiger partial charge in [0.05, 0.1) is 5.92 Å². The highest BCUT2D eigenvalue weighted by Crippen LogP contribution is 2.47. The Morgan fingerprint density at radius 2 is 1.84 bits per heavy atom. The fourth-order valence-electron chi connectivity index (χ4n) is 3.48. The number of halogens is 2. The largest absolute Gasteiger partial charge is 0.327 e. The van der Waals surface area contributed by atoms with E-state index < -0.39 is 0 Å². The third-order valence-electron chi connectivity index (χ3n) is 4.40. The minimum atomic E-state index is -0.0144. The van der Waals surface area contributed by atoms with Gasteiger partial charge in [-0.15, -0.1) is 12.4 Å². The van der Waals surface area contributed by atoms with Crippen molar-refractivity contribution in [1.29, 1.82) is 0 Å². The van der Waals surface area contributed by atoms with Crippen molar-refractivity contribution >= 4 is 35.6 Å². The molecule has 19 heavy (non-hydrogen) atoms. The van der Waals surface area contributed by atoms with Crippen LogP contribution < -0.4 is 11.1 Å². The molecule has 1 aromatic rings. The number of rotatable bonds is 2. The number of nitrogens with one attached hydrogen (secondary N) is 1. The van der Waals surface area contributed by atoms with Crippen LogP contribution in [0.25, 0.3) is 0 Å². The molecule has 4 atom stereocenters. The second-order valence-electron chi connectivity index (χ2n) is 5.43. The number of carbonyl (C=O) groups excluding carboxylic acids is 1. The molecule has 2 saturated carbocycles. The molecule has 0 aliphatic heterocycles. The van der Waals surface area contributed by atoms with E-state index in [0.717, 1.165) is 18.5 Å². The van der Waals surface area contributed by atoms with Gasteiger partial charge in [0.1, 0.15) is 0 Å². The fraction of sp³-hybridized carbons (Fsp3) is 0.500. The SMILES string of the molecule is Cl.NC1C2CCC(C2)C1C(=O)Nc1ccc(Cl)cc1. The summed E-state index contributed by atoms with van der Waals surface area (Å²) in [6.07, 6.45) is 3.47. The maximum atomic E-state index is 12.3. The van der Waals surface area contributed by atoms with Crippen LogP contribution in [0.2, 0.25) is 5.02 Å². The molecule has 0 aromatic heterocycles. The van der Waals surface area contributed by atoms with Crippen LogP contribution in [0, 0.1) is 17.8 Å². The Bertz CT molecular complexity index is 461. The lowest BCUT2D eigenvalue weighted by atomic mass is 9.84. The van der Waals surface area contributed by atoms with Crippen LogP contribution in [0.15, 0.2) is 24.3 Å². The van der Waals surface area contributed by atoms with E-state index >= 15 is 0 Å². The van der Waals surface area contributed by atoms with Crippen LogP contribution in [0.1, 0.15) is 19.3 Å². The number of amides is 1. The fourth-order valence-corrected chi connectivity index (χ4v) is 3.61. The average Bonchev–Trinajstić information content (AvgIpc) is 2.92. The number of hydrogen-bond acceptors (Lipinski definition) is 2. The van der Waals surface area contributed by atoms with Crippen LogP contribution in [-0.2, 0) is 4.79 Å². The first kappa shape index (κ1) is 14.6. The molecule has 3 N–H and O–H groups in total. The van der Waals surface area contributed by atoms with Gasteiger partial charge in [0.25, 0.3) is 0 Å². The maximum absolute atomic E-state index is 12.3. The smallest absolute Gasteiger partial charge is 0.229 e. The highest BCUT2D eigenvalue weighted by molar-refractivity contribution is 6.30. The first-order chi connectivity index (χ1) is 8.65. The van der Waals surface area contributed by atoms with Crippen molar-refractivity contribution < 1.29 is 4.79 Å². The molecule has 1 amide bonds. The number of carbonyl (C=O) groups is 1. The molecule has 5 heteroatoms. The Balaban J connectivity index is 0.00000133. The van der Waals surface area contributed by atoms with E-state index in [9.17, 15) is 4.79 Å². The van der Waals surface area contributed by atoms with Crippen LogP contribution >= 0.6 is 24.0 Å². The lowest BCUT2D eigenvalue weighted by Gasteiger charge is -2.27. The minimum Gasteiger partial charge on any atom is -0.327 e. The van der Waals surface area contributed by atoms with Crippen molar-refractivity contribution in [2.45, 2.75) is 25.3 Å². The average molecular weight is 301 g/mol. The zero-order chi connectivity index (χ0) is 12.7. The van der Waals surface area contributed by atoms with E-state index in [2.05, 4.69) is 5.32 Å². The Morgan fingerprint density at radius 3 is 2.42 bits per heavy atom. The minimum absolute atomic E-state index is 0. The molecule has 0 radical (unpaired) electrons. The molecule has 104 valence electrons. The van der Waals surface area contributed by atoms with Gasteiger partial charge in [0.15, 0.2) is 0 Å². The van der Waals surface area contributed by atoms with Crippen molar-refractivity contribution in [2.75, 3.05) is 5.32 Å². The number of benzene rings is 1. The zero-order valence-electron chi connectivity index (χ0n) is 10.5. The van der Waals surface area contributed by atoms with Crippen LogP contribution in [0.5, 0.6) is 0 Å². The second-order valence-corrected chi connectivity index (χ2v) is 5.87. The van der Waals surface area contributed by atoms with E-state index in [1.807, 2.05) is 12.1 Å². The summed E-state index contributed by atoms with van der Waals surface area (Å²) in [5.41, 5.74) is 6.95. The molecule has 3 rings (SSSR count). The molecular weight excluding hydrogens is 283 g/mol. The standard InChI is InChI=1S/C14H17ClN2O.ClH/c15-10-3-5-11(6-4-10)17-14(18)12-8-1-2-9(7-8)13(12)16;/h3-6,8-9,12-13H,1-2,7,16H2,(H,17,18);1H. The molecule has 0 spiro atoms. The van der Waals surface area contributed by atoms with Gasteiger partial charge in [-0.25, -0.2) is 0 Å². The maximum Gasteiger partial charge on any atom is 0.229 e. The van der Waals surface area contributed by atoms with Gasteiger partial charge in [-0.1, -0.05) is 11.6 Å². The number of nitrogens with two attached hydrogens (primary N) is 1. The van der Waals surface area contributed by atoms with E-state index in [0.29, 0.717) is 16.9 Å². The van der Waals surface area contributed by atoms with Crippen molar-refractivity contribution in [2.24, 2.45) is 23.5 Å². The summed E-state index contributed by atoms with van der Waals surface area (Å²) in [7, 11) is 0. The first-order valence-corrected chi connectivity index (χ1v) is 6.85. The molecule has 0 saturated heterocycles. The summed E-state index contributed by atoms with van der Waals surface area (Å²) >= 11 is 5.82. The summed E-state index contributed by atoms with van der Waals surface area (Å²) in [4.78, 5) is 12.3. The summed E-state index contributed by atoms with van der Waals surface area (Å²) in [6.45, 7) is 0. The first-order valence-electron chi connectivity index (χ1n) is 6.47. The van der Waals surface area contributed by atoms with Crippen molar-refractivity contribution in [3.05, 3.63) is 29.3 Å². The number of hydrogen-bond donors (Lipinski definition) is 2. The molecule has 4 unspecified atom stereocenters. The third-order valence-corrected chi connectivity index (χ3v) is 4.65. The summed E-state index contributed by atoms with van der Waals surface area (Å²) in [5.74, 6) is 1.09. The molecule has 2 bridgehead atoms. The van der Waals surface area contributed by atoms with Gasteiger partial charge >= 0.3 is 0 Å². The molecule has 2 fully saturated rings. The van der Waals surface area contributed by atoms with Gasteiger partial charge < -0.3 is 11.1 Å². The monoisotopic (exact) mass is 300 g/mol. The van der Waals surface area contributed by atoms with Crippen LogP contribution in [0.4, 0.5) is 5.69 Å². The molecule has 2 aliphatic rings. The van der Waals surface area contributed by atoms with Gasteiger partial charge in [-0.2, -0.15) is 0 Å². The third kappa shape index (κ3) is 2.73. The van der Waals surface area contributed by atoms with E-state index in [1.54, 1.807) is 12.1 Å². The van der Waals surface area contributed by atoms with E-state index in [1.165, 1.54) is 6.42 Å². The van der Waals surface area contributed by atoms with Crippen LogP contribution in [0.3, 0.4) is 0 Å². The highest BCUT2D eigenvalue weighted by Gasteiger charge is 2.48. The summed E-state index contributed by atoms with van der Waals surface area (Å²) in [6, 6.07) is 7.23. The van der Waals surface area contributed by atoms with Gasteiger partial charge in [-0.05, 0) is 55.4 Å². The van der Waals surface area contributed by atoms with E-state index in [4.69, 9.17) is 17.3 Å². The second kappa shape index (κ2) is 5.70. The predicted octanol–water partition coefficient (Wildman–Crippen LogP) is 3.07. The van der Waals surface area contributed by atoms with Gasteiger partial charge in [-0.3, -0.25) is 4.79 Å². The molecule has 1 aromatic carbocycles. The lowest BCUT2D eigenvalue weighted by Crippen LogP contribution is -2.42. The number of anilines is 1. The van der Waals surface area contributed by atoms with Crippen LogP contribution in [-0.4, -0.2) is 11.9 Å². The molecule has 2 aliphatic carbocycles. The van der Waals surface area contributed by atoms with Crippen molar-refractivity contribution in [3.63, 3.8) is 0 Å². The normalized spacial score (nSPS) is 31.9. The van der Waals surface area contributed by atoms with Gasteiger partial charge in [0.2, 0.25) is 5.91 Å². The summed E-state index contributed by atoms with van der Waals surface area (Å²) < 4.78 is 0. The number of fused-ring (bicyclic) bond motifs is 2. The summed E-state index contributed by atoms with van der Waals surface area (Å²) in [5, 5.41) is 3.62. The van der Waals surface area contributed by atoms with Crippen molar-refractivity contribution in [1.82, 2.24) is 0 Å². The molecule has 3 nitrogen and oxygen atoms in total. The highest BCUT2D eigenvalue weighted by atomic mass is 35.5. The Kier molecular flexibility index (Phi) is 4.39. The quantitative estimate of drug-likeness (QED) is 0.882. The van der Waals surface area contributed by atoms with Crippen molar-refractivity contribution in [3.8, 4) is 0 Å². The lowest BCUT2D eigenvalue weighted by molar-refractivity contribution is -0.121. The topological polar surface area (TPSA) is 55.1 Å². The zero-order valence-corrected chi connectivity index (χ0v) is 12.1. The Hall–Kier alpha value is -0.770. The van der Waals surface area contributed by atoms with Gasteiger partial charge in [0, 0.05) is 16.8 Å². The Labute approximate surface area is 124 Å². The molecule has 0 heterocycles. The molecular formula is C14H18Cl2N2O. The predicted molar refractivity (Wildman–Crippen MR) is 79.6 cm³/mol.